The molecule has 2 aromatic heterocycles. The van der Waals surface area contributed by atoms with Crippen LogP contribution in [0.1, 0.15) is 5.82 Å². The Morgan fingerprint density at radius 3 is 1.61 bits per heavy atom. The molecule has 54 heavy (non-hydrogen) atoms. The molecule has 3 nitrogen and oxygen atoms in total. The maximum Gasteiger partial charge on any atom is 0.101 e. The van der Waals surface area contributed by atoms with Crippen molar-refractivity contribution in [2.75, 3.05) is 0 Å². The Labute approximate surface area is 321 Å². The van der Waals surface area contributed by atoms with Gasteiger partial charge in [0.15, 0.2) is 0 Å². The Morgan fingerprint density at radius 2 is 0.981 bits per heavy atom. The quantitative estimate of drug-likeness (QED) is 0.124. The van der Waals surface area contributed by atoms with E-state index in [1.165, 1.54) is 32.7 Å². The molecule has 0 aliphatic carbocycles. The molecule has 0 atom stereocenters. The molecule has 242 valence electrons. The van der Waals surface area contributed by atoms with Crippen LogP contribution in [0.25, 0.3) is 82.8 Å². The zero-order valence-corrected chi connectivity index (χ0v) is 29.4. The van der Waals surface area contributed by atoms with Gasteiger partial charge in [0, 0.05) is 23.5 Å². The highest BCUT2D eigenvalue weighted by atomic mass is 15.1. The van der Waals surface area contributed by atoms with E-state index in [0.717, 1.165) is 44.6 Å². The molecule has 10 radical (unpaired) electrons. The molecule has 0 saturated carbocycles. The lowest BCUT2D eigenvalue weighted by Gasteiger charge is -2.41. The van der Waals surface area contributed by atoms with Gasteiger partial charge in [-0.1, -0.05) is 139 Å². The van der Waals surface area contributed by atoms with Gasteiger partial charge >= 0.3 is 0 Å². The van der Waals surface area contributed by atoms with E-state index in [2.05, 4.69) is 114 Å². The molecule has 0 spiro atoms. The third-order valence-electron chi connectivity index (χ3n) is 10.4. The maximum atomic E-state index is 6.58. The topological polar surface area (TPSA) is 30.7 Å². The van der Waals surface area contributed by atoms with Crippen LogP contribution >= 0.6 is 0 Å². The van der Waals surface area contributed by atoms with Gasteiger partial charge in [-0.15, -0.1) is 5.11 Å². The molecule has 9 rings (SSSR count). The smallest absolute Gasteiger partial charge is 0.101 e. The Bertz CT molecular complexity index is 2780. The molecular formula is C46H28B5N3. The molecule has 8 heteroatoms. The van der Waals surface area contributed by atoms with Crippen molar-refractivity contribution in [1.82, 2.24) is 14.5 Å². The number of pyridine rings is 1. The summed E-state index contributed by atoms with van der Waals surface area (Å²) in [5, 5.41) is 0.885. The fourth-order valence-electron chi connectivity index (χ4n) is 7.67. The highest BCUT2D eigenvalue weighted by Gasteiger charge is 2.37. The molecule has 0 aliphatic rings. The summed E-state index contributed by atoms with van der Waals surface area (Å²) in [6, 6.07) is 54.5. The number of imidazole rings is 1. The molecule has 0 N–H and O–H groups in total. The van der Waals surface area contributed by atoms with E-state index in [4.69, 9.17) is 44.2 Å². The van der Waals surface area contributed by atoms with Crippen molar-refractivity contribution >= 4 is 71.8 Å². The van der Waals surface area contributed by atoms with Crippen LogP contribution in [-0.2, 0) is 5.21 Å². The Balaban J connectivity index is 1.22. The van der Waals surface area contributed by atoms with Gasteiger partial charge < -0.3 is 0 Å². The number of nitrogens with zero attached hydrogens (tertiary/aromatic N) is 3. The van der Waals surface area contributed by atoms with Crippen LogP contribution in [0, 0.1) is 0 Å². The minimum atomic E-state index is -1.95. The lowest BCUT2D eigenvalue weighted by atomic mass is 9.23. The molecule has 7 aromatic carbocycles. The summed E-state index contributed by atoms with van der Waals surface area (Å²) in [5.74, 6) is 0.253. The van der Waals surface area contributed by atoms with E-state index in [1.807, 2.05) is 65.5 Å². The van der Waals surface area contributed by atoms with Gasteiger partial charge in [-0.05, 0) is 79.2 Å². The molecule has 0 saturated heterocycles. The van der Waals surface area contributed by atoms with Gasteiger partial charge in [-0.3, -0.25) is 9.55 Å². The molecule has 0 amide bonds. The van der Waals surface area contributed by atoms with Crippen LogP contribution in [0.2, 0.25) is 5.11 Å². The summed E-state index contributed by atoms with van der Waals surface area (Å²) in [6.07, 6.45) is 3.74. The fraction of sp³-hybridized carbons (Fsp3) is 0.0435. The third kappa shape index (κ3) is 5.51. The SMILES string of the molecule is [B]C([B])([B])C([B])([B])c1nc2ccccc2n1-c1ccccc1-c1ccc(-c2c3ccccc3c(-c3ccccc3-c3cccnc3)c3ccccc23)cc1. The maximum absolute atomic E-state index is 6.58. The average Bonchev–Trinajstić information content (AvgIpc) is 3.60. The van der Waals surface area contributed by atoms with Gasteiger partial charge in [0.25, 0.3) is 0 Å². The molecule has 2 heterocycles. The van der Waals surface area contributed by atoms with Crippen LogP contribution in [-0.4, -0.2) is 53.8 Å². The number of aromatic nitrogens is 3. The third-order valence-corrected chi connectivity index (χ3v) is 10.4. The largest absolute Gasteiger partial charge is 0.296 e. The number of para-hydroxylation sites is 3. The second-order valence-corrected chi connectivity index (χ2v) is 13.8. The fourth-order valence-corrected chi connectivity index (χ4v) is 7.67. The second-order valence-electron chi connectivity index (χ2n) is 13.8. The van der Waals surface area contributed by atoms with Crippen molar-refractivity contribution in [2.45, 2.75) is 10.3 Å². The van der Waals surface area contributed by atoms with Crippen LogP contribution in [0.5, 0.6) is 0 Å². The van der Waals surface area contributed by atoms with E-state index >= 15 is 0 Å². The van der Waals surface area contributed by atoms with Gasteiger partial charge in [0.05, 0.1) is 56.0 Å². The second kappa shape index (κ2) is 13.1. The van der Waals surface area contributed by atoms with Gasteiger partial charge in [0.1, 0.15) is 5.82 Å². The Hall–Kier alpha value is -6.00. The molecule has 0 fully saturated rings. The van der Waals surface area contributed by atoms with Crippen molar-refractivity contribution in [3.8, 4) is 50.2 Å². The highest BCUT2D eigenvalue weighted by Crippen LogP contribution is 2.46. The minimum absolute atomic E-state index is 0.253. The van der Waals surface area contributed by atoms with E-state index in [0.29, 0.717) is 5.52 Å². The van der Waals surface area contributed by atoms with E-state index in [9.17, 15) is 0 Å². The van der Waals surface area contributed by atoms with Gasteiger partial charge in [-0.2, -0.15) is 0 Å². The van der Waals surface area contributed by atoms with E-state index < -0.39 is 10.3 Å². The predicted octanol–water partition coefficient (Wildman–Crippen LogP) is 9.46. The van der Waals surface area contributed by atoms with Crippen LogP contribution in [0.15, 0.2) is 170 Å². The Morgan fingerprint density at radius 1 is 0.444 bits per heavy atom. The zero-order chi connectivity index (χ0) is 37.0. The summed E-state index contributed by atoms with van der Waals surface area (Å²) in [4.78, 5) is 9.23. The van der Waals surface area contributed by atoms with Crippen molar-refractivity contribution in [3.63, 3.8) is 0 Å². The predicted molar refractivity (Wildman–Crippen MR) is 229 cm³/mol. The first-order chi connectivity index (χ1) is 26.2. The van der Waals surface area contributed by atoms with Gasteiger partial charge in [-0.25, -0.2) is 4.98 Å². The first-order valence-corrected chi connectivity index (χ1v) is 17.8. The lowest BCUT2D eigenvalue weighted by Crippen LogP contribution is -2.45. The first kappa shape index (κ1) is 33.8. The molecular weight excluding hydrogens is 649 g/mol. The summed E-state index contributed by atoms with van der Waals surface area (Å²) in [5.41, 5.74) is 11.1. The van der Waals surface area contributed by atoms with Crippen LogP contribution in [0.3, 0.4) is 0 Å². The monoisotopic (exact) mass is 677 g/mol. The summed E-state index contributed by atoms with van der Waals surface area (Å²) < 4.78 is 1.91. The number of fused-ring (bicyclic) bond motifs is 3. The number of hydrogen-bond donors (Lipinski definition) is 0. The van der Waals surface area contributed by atoms with E-state index in [-0.39, 0.29) is 5.82 Å². The van der Waals surface area contributed by atoms with Crippen molar-refractivity contribution in [1.29, 1.82) is 0 Å². The summed E-state index contributed by atoms with van der Waals surface area (Å²) >= 11 is 0. The normalized spacial score (nSPS) is 12.1. The van der Waals surface area contributed by atoms with Crippen LogP contribution in [0.4, 0.5) is 0 Å². The highest BCUT2D eigenvalue weighted by molar-refractivity contribution is 6.67. The molecule has 0 unspecified atom stereocenters. The number of hydrogen-bond acceptors (Lipinski definition) is 2. The van der Waals surface area contributed by atoms with Crippen molar-refractivity contribution < 1.29 is 0 Å². The minimum Gasteiger partial charge on any atom is -0.296 e. The van der Waals surface area contributed by atoms with Gasteiger partial charge in [0.2, 0.25) is 0 Å². The summed E-state index contributed by atoms with van der Waals surface area (Å²) in [7, 11) is 31.6. The van der Waals surface area contributed by atoms with E-state index in [1.54, 1.807) is 0 Å². The number of benzene rings is 7. The number of rotatable bonds is 7. The molecule has 9 aromatic rings. The van der Waals surface area contributed by atoms with Crippen molar-refractivity contribution in [2.24, 2.45) is 0 Å². The standard InChI is InChI=1S/C46H28B5N3/c47-45(48,46(49,50)51)44-53-39-20-8-10-22-41(39)54(44)40-21-9-7-14-33(40)29-23-25-30(26-24-29)42-35-16-3-5-18-37(35)43(38-19-6-4-17-36(38)42)34-15-2-1-13-32(34)31-12-11-27-52-28-31/h1-28H. The molecule has 0 aliphatic heterocycles. The molecule has 0 bridgehead atoms. The van der Waals surface area contributed by atoms with Crippen LogP contribution < -0.4 is 0 Å². The summed E-state index contributed by atoms with van der Waals surface area (Å²) in [6.45, 7) is 0. The van der Waals surface area contributed by atoms with Crippen molar-refractivity contribution in [3.05, 3.63) is 176 Å². The zero-order valence-electron chi connectivity index (χ0n) is 29.4. The average molecular weight is 677 g/mol. The first-order valence-electron chi connectivity index (χ1n) is 17.8. The lowest BCUT2D eigenvalue weighted by molar-refractivity contribution is 0.757. The Kier molecular flexibility index (Phi) is 8.23.